The van der Waals surface area contributed by atoms with E-state index in [1.54, 1.807) is 38.2 Å². The number of nitrogens with one attached hydrogen (secondary N) is 1. The number of anilines is 1. The van der Waals surface area contributed by atoms with Gasteiger partial charge in [0, 0.05) is 7.05 Å². The van der Waals surface area contributed by atoms with Crippen molar-refractivity contribution in [3.63, 3.8) is 0 Å². The van der Waals surface area contributed by atoms with Crippen molar-refractivity contribution in [1.29, 1.82) is 0 Å². The summed E-state index contributed by atoms with van der Waals surface area (Å²) in [6, 6.07) is 6.82. The Kier molecular flexibility index (Phi) is 4.45. The number of aromatic nitrogens is 2. The second-order valence-corrected chi connectivity index (χ2v) is 4.58. The summed E-state index contributed by atoms with van der Waals surface area (Å²) in [5, 5.41) is 6.77. The molecule has 0 saturated heterocycles. The zero-order valence-electron chi connectivity index (χ0n) is 12.8. The van der Waals surface area contributed by atoms with Gasteiger partial charge in [-0.1, -0.05) is 12.1 Å². The van der Waals surface area contributed by atoms with Crippen LogP contribution < -0.4 is 10.1 Å². The molecule has 7 nitrogen and oxygen atoms in total. The Morgan fingerprint density at radius 1 is 1.23 bits per heavy atom. The predicted octanol–water partition coefficient (Wildman–Crippen LogP) is 1.78. The van der Waals surface area contributed by atoms with Gasteiger partial charge in [0.15, 0.2) is 5.69 Å². The van der Waals surface area contributed by atoms with Crippen LogP contribution >= 0.6 is 0 Å². The number of hydrogen-bond acceptors (Lipinski definition) is 5. The molecule has 0 aliphatic rings. The molecule has 0 aliphatic heterocycles. The van der Waals surface area contributed by atoms with Crippen molar-refractivity contribution in [2.24, 2.45) is 7.05 Å². The first-order valence-electron chi connectivity index (χ1n) is 6.55. The summed E-state index contributed by atoms with van der Waals surface area (Å²) in [5.41, 5.74) is 1.39. The summed E-state index contributed by atoms with van der Waals surface area (Å²) in [4.78, 5) is 24.2. The third-order valence-electron chi connectivity index (χ3n) is 3.30. The fourth-order valence-corrected chi connectivity index (χ4v) is 2.01. The topological polar surface area (TPSA) is 82.5 Å². The van der Waals surface area contributed by atoms with Crippen LogP contribution in [0.2, 0.25) is 0 Å². The van der Waals surface area contributed by atoms with Crippen LogP contribution in [0.5, 0.6) is 5.75 Å². The van der Waals surface area contributed by atoms with Gasteiger partial charge in [-0.2, -0.15) is 5.10 Å². The van der Waals surface area contributed by atoms with Crippen molar-refractivity contribution in [2.75, 3.05) is 19.5 Å². The van der Waals surface area contributed by atoms with Crippen molar-refractivity contribution < 1.29 is 19.1 Å². The molecule has 22 heavy (non-hydrogen) atoms. The fourth-order valence-electron chi connectivity index (χ4n) is 2.01. The van der Waals surface area contributed by atoms with E-state index in [-0.39, 0.29) is 5.69 Å². The van der Waals surface area contributed by atoms with Gasteiger partial charge in [0.1, 0.15) is 5.75 Å². The summed E-state index contributed by atoms with van der Waals surface area (Å²) in [6.45, 7) is 1.75. The largest absolute Gasteiger partial charge is 0.496 e. The Hall–Kier alpha value is -2.83. The van der Waals surface area contributed by atoms with Gasteiger partial charge in [-0.25, -0.2) is 4.79 Å². The van der Waals surface area contributed by atoms with Gasteiger partial charge < -0.3 is 14.8 Å². The molecule has 0 spiro atoms. The monoisotopic (exact) mass is 303 g/mol. The van der Waals surface area contributed by atoms with Crippen LogP contribution in [0.1, 0.15) is 26.5 Å². The molecule has 0 bridgehead atoms. The number of esters is 1. The van der Waals surface area contributed by atoms with Gasteiger partial charge in [-0.05, 0) is 19.1 Å². The average molecular weight is 303 g/mol. The number of benzene rings is 1. The molecular formula is C15H17N3O4. The molecule has 1 amide bonds. The summed E-state index contributed by atoms with van der Waals surface area (Å²) >= 11 is 0. The Morgan fingerprint density at radius 3 is 2.55 bits per heavy atom. The molecule has 0 saturated carbocycles. The zero-order valence-corrected chi connectivity index (χ0v) is 12.8. The number of para-hydroxylation sites is 1. The minimum Gasteiger partial charge on any atom is -0.496 e. The minimum absolute atomic E-state index is 0.0609. The summed E-state index contributed by atoms with van der Waals surface area (Å²) in [6.07, 6.45) is 0. The SMILES string of the molecule is COC(=O)c1nn(C)c(C)c1NC(=O)c1ccccc1OC. The lowest BCUT2D eigenvalue weighted by Gasteiger charge is -2.09. The summed E-state index contributed by atoms with van der Waals surface area (Å²) < 4.78 is 11.4. The quantitative estimate of drug-likeness (QED) is 0.871. The molecule has 2 rings (SSSR count). The van der Waals surface area contributed by atoms with E-state index >= 15 is 0 Å². The van der Waals surface area contributed by atoms with E-state index in [9.17, 15) is 9.59 Å². The van der Waals surface area contributed by atoms with Gasteiger partial charge in [0.05, 0.1) is 31.2 Å². The summed E-state index contributed by atoms with van der Waals surface area (Å²) in [5.74, 6) is -0.557. The standard InChI is InChI=1S/C15H17N3O4/c1-9-12(13(15(20)22-4)17-18(9)2)16-14(19)10-7-5-6-8-11(10)21-3/h5-8H,1-4H3,(H,16,19). The van der Waals surface area contributed by atoms with Crippen LogP contribution in [0.15, 0.2) is 24.3 Å². The highest BCUT2D eigenvalue weighted by Crippen LogP contribution is 2.23. The van der Waals surface area contributed by atoms with Crippen LogP contribution in [0, 0.1) is 6.92 Å². The number of carbonyl (C=O) groups is 2. The van der Waals surface area contributed by atoms with Crippen molar-refractivity contribution in [3.05, 3.63) is 41.2 Å². The van der Waals surface area contributed by atoms with Crippen molar-refractivity contribution in [1.82, 2.24) is 9.78 Å². The fraction of sp³-hybridized carbons (Fsp3) is 0.267. The highest BCUT2D eigenvalue weighted by molar-refractivity contribution is 6.09. The normalized spacial score (nSPS) is 10.2. The Balaban J connectivity index is 2.38. The van der Waals surface area contributed by atoms with E-state index < -0.39 is 11.9 Å². The molecule has 0 fully saturated rings. The first-order valence-corrected chi connectivity index (χ1v) is 6.55. The smallest absolute Gasteiger partial charge is 0.360 e. The Morgan fingerprint density at radius 2 is 1.91 bits per heavy atom. The van der Waals surface area contributed by atoms with Gasteiger partial charge in [0.2, 0.25) is 0 Å². The summed E-state index contributed by atoms with van der Waals surface area (Å²) in [7, 11) is 4.43. The zero-order chi connectivity index (χ0) is 16.3. The molecule has 0 radical (unpaired) electrons. The van der Waals surface area contributed by atoms with E-state index in [2.05, 4.69) is 15.2 Å². The van der Waals surface area contributed by atoms with Crippen molar-refractivity contribution >= 4 is 17.6 Å². The third kappa shape index (κ3) is 2.78. The maximum Gasteiger partial charge on any atom is 0.360 e. The number of hydrogen-bond donors (Lipinski definition) is 1. The number of ether oxygens (including phenoxy) is 2. The lowest BCUT2D eigenvalue weighted by Crippen LogP contribution is -2.16. The number of carbonyl (C=O) groups excluding carboxylic acids is 2. The highest BCUT2D eigenvalue weighted by atomic mass is 16.5. The molecule has 2 aromatic rings. The molecule has 7 heteroatoms. The van der Waals surface area contributed by atoms with E-state index in [0.29, 0.717) is 22.7 Å². The average Bonchev–Trinajstić information content (AvgIpc) is 2.82. The lowest BCUT2D eigenvalue weighted by molar-refractivity contribution is 0.0594. The van der Waals surface area contributed by atoms with Gasteiger partial charge in [-0.3, -0.25) is 9.48 Å². The first-order chi connectivity index (χ1) is 10.5. The third-order valence-corrected chi connectivity index (χ3v) is 3.30. The molecule has 1 aromatic carbocycles. The molecule has 116 valence electrons. The predicted molar refractivity (Wildman–Crippen MR) is 80.2 cm³/mol. The second kappa shape index (κ2) is 6.30. The van der Waals surface area contributed by atoms with Gasteiger partial charge in [-0.15, -0.1) is 0 Å². The van der Waals surface area contributed by atoms with Gasteiger partial charge in [0.25, 0.3) is 5.91 Å². The molecule has 1 aromatic heterocycles. The Bertz CT molecular complexity index is 722. The maximum absolute atomic E-state index is 12.4. The van der Waals surface area contributed by atoms with E-state index in [1.165, 1.54) is 18.9 Å². The van der Waals surface area contributed by atoms with E-state index in [1.807, 2.05) is 0 Å². The number of amides is 1. The molecular weight excluding hydrogens is 286 g/mol. The number of rotatable bonds is 4. The van der Waals surface area contributed by atoms with E-state index in [0.717, 1.165) is 0 Å². The maximum atomic E-state index is 12.4. The molecule has 0 aliphatic carbocycles. The van der Waals surface area contributed by atoms with Crippen LogP contribution in [0.4, 0.5) is 5.69 Å². The van der Waals surface area contributed by atoms with Crippen molar-refractivity contribution in [2.45, 2.75) is 6.92 Å². The Labute approximate surface area is 127 Å². The molecule has 0 atom stereocenters. The number of methoxy groups -OCH3 is 2. The molecule has 0 unspecified atom stereocenters. The first kappa shape index (κ1) is 15.6. The van der Waals surface area contributed by atoms with Gasteiger partial charge >= 0.3 is 5.97 Å². The van der Waals surface area contributed by atoms with Crippen LogP contribution in [0.25, 0.3) is 0 Å². The van der Waals surface area contributed by atoms with Crippen molar-refractivity contribution in [3.8, 4) is 5.75 Å². The van der Waals surface area contributed by atoms with Crippen LogP contribution in [-0.2, 0) is 11.8 Å². The second-order valence-electron chi connectivity index (χ2n) is 4.58. The number of nitrogens with zero attached hydrogens (tertiary/aromatic N) is 2. The minimum atomic E-state index is -0.612. The van der Waals surface area contributed by atoms with Crippen LogP contribution in [0.3, 0.4) is 0 Å². The molecule has 1 N–H and O–H groups in total. The lowest BCUT2D eigenvalue weighted by atomic mass is 10.1. The van der Waals surface area contributed by atoms with Crippen LogP contribution in [-0.4, -0.2) is 35.9 Å². The van der Waals surface area contributed by atoms with E-state index in [4.69, 9.17) is 4.74 Å². The molecule has 1 heterocycles. The highest BCUT2D eigenvalue weighted by Gasteiger charge is 2.23. The number of aryl methyl sites for hydroxylation is 1.